The van der Waals surface area contributed by atoms with Gasteiger partial charge in [0.05, 0.1) is 11.1 Å². The number of hydrogen-bond donors (Lipinski definition) is 3. The van der Waals surface area contributed by atoms with Crippen LogP contribution in [0.15, 0.2) is 42.5 Å². The van der Waals surface area contributed by atoms with E-state index in [1.165, 1.54) is 11.0 Å². The number of nitrogens with zero attached hydrogens (tertiary/aromatic N) is 1. The maximum Gasteiger partial charge on any atom is 0.319 e. The monoisotopic (exact) mass is 381 g/mol. The summed E-state index contributed by atoms with van der Waals surface area (Å²) >= 11 is 0. The highest BCUT2D eigenvalue weighted by Crippen LogP contribution is 2.30. The number of hydrogen-bond acceptors (Lipinski definition) is 4. The van der Waals surface area contributed by atoms with E-state index in [1.807, 2.05) is 0 Å². The number of amides is 4. The van der Waals surface area contributed by atoms with Gasteiger partial charge in [-0.05, 0) is 63.1 Å². The zero-order valence-corrected chi connectivity index (χ0v) is 16.1. The van der Waals surface area contributed by atoms with E-state index in [-0.39, 0.29) is 17.6 Å². The molecule has 7 heteroatoms. The fourth-order valence-electron chi connectivity index (χ4n) is 3.09. The van der Waals surface area contributed by atoms with Crippen molar-refractivity contribution in [2.45, 2.75) is 32.7 Å². The molecule has 2 aromatic carbocycles. The highest BCUT2D eigenvalue weighted by molar-refractivity contribution is 6.22. The van der Waals surface area contributed by atoms with E-state index in [4.69, 9.17) is 0 Å². The fourth-order valence-corrected chi connectivity index (χ4v) is 3.09. The molecule has 3 N–H and O–H groups in total. The average molecular weight is 381 g/mol. The molecule has 1 heterocycles. The second kappa shape index (κ2) is 7.34. The zero-order chi connectivity index (χ0) is 20.5. The van der Waals surface area contributed by atoms with E-state index in [2.05, 4.69) is 10.6 Å². The number of rotatable bonds is 4. The van der Waals surface area contributed by atoms with Crippen molar-refractivity contribution >= 4 is 23.5 Å². The van der Waals surface area contributed by atoms with Crippen molar-refractivity contribution < 1.29 is 19.5 Å². The van der Waals surface area contributed by atoms with Crippen molar-refractivity contribution in [3.05, 3.63) is 59.2 Å². The molecule has 1 aliphatic rings. The van der Waals surface area contributed by atoms with Crippen LogP contribution in [0.2, 0.25) is 0 Å². The molecule has 0 saturated heterocycles. The van der Waals surface area contributed by atoms with Gasteiger partial charge in [-0.15, -0.1) is 0 Å². The number of carbonyl (C=O) groups excluding carboxylic acids is 3. The first-order valence-corrected chi connectivity index (χ1v) is 9.02. The van der Waals surface area contributed by atoms with Gasteiger partial charge in [0.25, 0.3) is 11.8 Å². The SMILES string of the molecule is CC(C)(C)N1C(=O)c2ccc(NC(=O)NCCc3ccc(O)cc3)cc2C1=O. The van der Waals surface area contributed by atoms with Gasteiger partial charge >= 0.3 is 6.03 Å². The van der Waals surface area contributed by atoms with Crippen molar-refractivity contribution in [2.75, 3.05) is 11.9 Å². The van der Waals surface area contributed by atoms with Crippen LogP contribution in [0, 0.1) is 0 Å². The van der Waals surface area contributed by atoms with E-state index < -0.39 is 11.6 Å². The number of nitrogens with one attached hydrogen (secondary N) is 2. The Morgan fingerprint density at radius 2 is 1.64 bits per heavy atom. The number of fused-ring (bicyclic) bond motifs is 1. The van der Waals surface area contributed by atoms with Gasteiger partial charge in [0.1, 0.15) is 5.75 Å². The van der Waals surface area contributed by atoms with Gasteiger partial charge in [-0.2, -0.15) is 0 Å². The second-order valence-electron chi connectivity index (χ2n) is 7.67. The Morgan fingerprint density at radius 3 is 2.29 bits per heavy atom. The number of phenolic OH excluding ortho intramolecular Hbond substituents is 1. The summed E-state index contributed by atoms with van der Waals surface area (Å²) in [6, 6.07) is 11.1. The van der Waals surface area contributed by atoms with Gasteiger partial charge in [0, 0.05) is 17.8 Å². The Labute approximate surface area is 163 Å². The third-order valence-corrected chi connectivity index (χ3v) is 4.45. The number of benzene rings is 2. The molecule has 0 spiro atoms. The standard InChI is InChI=1S/C21H23N3O4/c1-21(2,3)24-18(26)16-9-6-14(12-17(16)19(24)27)23-20(28)22-11-10-13-4-7-15(25)8-5-13/h4-9,12,25H,10-11H2,1-3H3,(H2,22,23,28). The van der Waals surface area contributed by atoms with Crippen LogP contribution in [0.5, 0.6) is 5.75 Å². The topological polar surface area (TPSA) is 98.7 Å². The van der Waals surface area contributed by atoms with Crippen molar-refractivity contribution in [2.24, 2.45) is 0 Å². The Balaban J connectivity index is 1.61. The molecule has 0 unspecified atom stereocenters. The lowest BCUT2D eigenvalue weighted by Gasteiger charge is -2.29. The number of aromatic hydroxyl groups is 1. The first-order valence-electron chi connectivity index (χ1n) is 9.02. The molecular weight excluding hydrogens is 358 g/mol. The predicted molar refractivity (Wildman–Crippen MR) is 106 cm³/mol. The van der Waals surface area contributed by atoms with Crippen LogP contribution >= 0.6 is 0 Å². The van der Waals surface area contributed by atoms with Gasteiger partial charge < -0.3 is 15.7 Å². The van der Waals surface area contributed by atoms with Gasteiger partial charge in [-0.3, -0.25) is 14.5 Å². The Hall–Kier alpha value is -3.35. The van der Waals surface area contributed by atoms with E-state index in [0.717, 1.165) is 5.56 Å². The van der Waals surface area contributed by atoms with Crippen LogP contribution in [0.1, 0.15) is 47.1 Å². The molecule has 0 atom stereocenters. The minimum absolute atomic E-state index is 0.198. The van der Waals surface area contributed by atoms with E-state index >= 15 is 0 Å². The third-order valence-electron chi connectivity index (χ3n) is 4.45. The van der Waals surface area contributed by atoms with Crippen LogP contribution < -0.4 is 10.6 Å². The Kier molecular flexibility index (Phi) is 5.09. The minimum atomic E-state index is -0.619. The molecule has 4 amide bonds. The number of carbonyl (C=O) groups is 3. The summed E-state index contributed by atoms with van der Waals surface area (Å²) in [7, 11) is 0. The lowest BCUT2D eigenvalue weighted by atomic mass is 10.1. The molecule has 0 aromatic heterocycles. The summed E-state index contributed by atoms with van der Waals surface area (Å²) in [5.41, 5.74) is 1.45. The highest BCUT2D eigenvalue weighted by Gasteiger charge is 2.41. The molecule has 28 heavy (non-hydrogen) atoms. The van der Waals surface area contributed by atoms with Crippen molar-refractivity contribution in [1.29, 1.82) is 0 Å². The Morgan fingerprint density at radius 1 is 1.00 bits per heavy atom. The molecule has 0 aliphatic carbocycles. The van der Waals surface area contributed by atoms with Crippen molar-refractivity contribution in [3.63, 3.8) is 0 Å². The summed E-state index contributed by atoms with van der Waals surface area (Å²) < 4.78 is 0. The number of anilines is 1. The number of imide groups is 1. The molecule has 2 aromatic rings. The number of urea groups is 1. The smallest absolute Gasteiger partial charge is 0.319 e. The van der Waals surface area contributed by atoms with Gasteiger partial charge in [0.15, 0.2) is 0 Å². The molecule has 146 valence electrons. The van der Waals surface area contributed by atoms with E-state index in [1.54, 1.807) is 57.2 Å². The Bertz CT molecular complexity index is 930. The third kappa shape index (κ3) is 3.98. The maximum absolute atomic E-state index is 12.6. The van der Waals surface area contributed by atoms with E-state index in [9.17, 15) is 19.5 Å². The van der Waals surface area contributed by atoms with Crippen LogP contribution in [0.4, 0.5) is 10.5 Å². The molecule has 3 rings (SSSR count). The largest absolute Gasteiger partial charge is 0.508 e. The summed E-state index contributed by atoms with van der Waals surface area (Å²) in [5, 5.41) is 14.7. The van der Waals surface area contributed by atoms with Gasteiger partial charge in [-0.25, -0.2) is 4.79 Å². The normalized spacial score (nSPS) is 13.5. The van der Waals surface area contributed by atoms with Crippen LogP contribution in [0.25, 0.3) is 0 Å². The number of phenols is 1. The molecule has 0 saturated carbocycles. The summed E-state index contributed by atoms with van der Waals surface area (Å²) in [6.07, 6.45) is 0.616. The lowest BCUT2D eigenvalue weighted by molar-refractivity contribution is 0.0507. The molecular formula is C21H23N3O4. The summed E-state index contributed by atoms with van der Waals surface area (Å²) in [4.78, 5) is 38.4. The minimum Gasteiger partial charge on any atom is -0.508 e. The molecule has 0 fully saturated rings. The average Bonchev–Trinajstić information content (AvgIpc) is 2.87. The lowest BCUT2D eigenvalue weighted by Crippen LogP contribution is -2.45. The van der Waals surface area contributed by atoms with E-state index in [0.29, 0.717) is 29.8 Å². The maximum atomic E-state index is 12.6. The predicted octanol–water partition coefficient (Wildman–Crippen LogP) is 3.15. The molecule has 0 bridgehead atoms. The fraction of sp³-hybridized carbons (Fsp3) is 0.286. The molecule has 7 nitrogen and oxygen atoms in total. The second-order valence-corrected chi connectivity index (χ2v) is 7.67. The van der Waals surface area contributed by atoms with Crippen LogP contribution in [-0.2, 0) is 6.42 Å². The zero-order valence-electron chi connectivity index (χ0n) is 16.1. The van der Waals surface area contributed by atoms with Gasteiger partial charge in [-0.1, -0.05) is 12.1 Å². The summed E-state index contributed by atoms with van der Waals surface area (Å²) in [6.45, 7) is 5.82. The summed E-state index contributed by atoms with van der Waals surface area (Å²) in [5.74, 6) is -0.481. The molecule has 0 radical (unpaired) electrons. The van der Waals surface area contributed by atoms with Crippen molar-refractivity contribution in [3.8, 4) is 5.75 Å². The first-order chi connectivity index (χ1) is 13.2. The van der Waals surface area contributed by atoms with Gasteiger partial charge in [0.2, 0.25) is 0 Å². The molecule has 1 aliphatic heterocycles. The van der Waals surface area contributed by atoms with Crippen LogP contribution in [0.3, 0.4) is 0 Å². The first kappa shape index (κ1) is 19.4. The highest BCUT2D eigenvalue weighted by atomic mass is 16.3. The van der Waals surface area contributed by atoms with Crippen molar-refractivity contribution in [1.82, 2.24) is 10.2 Å². The van der Waals surface area contributed by atoms with Crippen LogP contribution in [-0.4, -0.2) is 39.9 Å². The quantitative estimate of drug-likeness (QED) is 0.709.